The van der Waals surface area contributed by atoms with Gasteiger partial charge in [-0.2, -0.15) is 0 Å². The number of nitrogens with zero attached hydrogens (tertiary/aromatic N) is 1. The van der Waals surface area contributed by atoms with Crippen molar-refractivity contribution in [2.45, 2.75) is 51.7 Å². The van der Waals surface area contributed by atoms with Gasteiger partial charge in [-0.05, 0) is 31.9 Å². The van der Waals surface area contributed by atoms with Gasteiger partial charge < -0.3 is 10.2 Å². The van der Waals surface area contributed by atoms with E-state index in [1.807, 2.05) is 12.1 Å². The lowest BCUT2D eigenvalue weighted by molar-refractivity contribution is 0.127. The molecule has 2 N–H and O–H groups in total. The normalized spacial score (nSPS) is 20.6. The van der Waals surface area contributed by atoms with Gasteiger partial charge in [-0.3, -0.25) is 4.90 Å². The summed E-state index contributed by atoms with van der Waals surface area (Å²) in [5.41, 5.74) is 8.10. The molecule has 0 spiro atoms. The van der Waals surface area contributed by atoms with Crippen molar-refractivity contribution >= 4 is 11.0 Å². The fourth-order valence-corrected chi connectivity index (χ4v) is 3.42. The summed E-state index contributed by atoms with van der Waals surface area (Å²) in [5, 5.41) is 1.18. The lowest BCUT2D eigenvalue weighted by Crippen LogP contribution is -2.38. The van der Waals surface area contributed by atoms with Crippen molar-refractivity contribution < 1.29 is 4.42 Å². The van der Waals surface area contributed by atoms with Crippen molar-refractivity contribution in [2.24, 2.45) is 5.73 Å². The summed E-state index contributed by atoms with van der Waals surface area (Å²) in [4.78, 5) is 2.57. The number of hydrogen-bond donors (Lipinski definition) is 1. The number of rotatable bonds is 4. The average molecular weight is 272 g/mol. The van der Waals surface area contributed by atoms with Gasteiger partial charge in [0.2, 0.25) is 0 Å². The molecule has 0 amide bonds. The van der Waals surface area contributed by atoms with Crippen molar-refractivity contribution in [1.29, 1.82) is 0 Å². The van der Waals surface area contributed by atoms with Crippen LogP contribution in [-0.4, -0.2) is 17.5 Å². The minimum absolute atomic E-state index is 0.553. The Morgan fingerprint density at radius 1 is 1.30 bits per heavy atom. The maximum absolute atomic E-state index is 6.06. The molecular formula is C17H24N2O. The van der Waals surface area contributed by atoms with Crippen LogP contribution in [0.3, 0.4) is 0 Å². The molecule has 1 aliphatic rings. The lowest BCUT2D eigenvalue weighted by Gasteiger charge is -2.34. The number of furan rings is 1. The van der Waals surface area contributed by atoms with Gasteiger partial charge in [0, 0.05) is 23.5 Å². The van der Waals surface area contributed by atoms with E-state index in [0.29, 0.717) is 12.6 Å². The summed E-state index contributed by atoms with van der Waals surface area (Å²) >= 11 is 0. The molecule has 3 rings (SSSR count). The minimum Gasteiger partial charge on any atom is -0.459 e. The molecule has 0 bridgehead atoms. The van der Waals surface area contributed by atoms with Gasteiger partial charge in [-0.25, -0.2) is 0 Å². The number of para-hydroxylation sites is 1. The van der Waals surface area contributed by atoms with E-state index in [1.165, 1.54) is 43.2 Å². The van der Waals surface area contributed by atoms with E-state index in [1.54, 1.807) is 0 Å². The predicted molar refractivity (Wildman–Crippen MR) is 82.4 cm³/mol. The van der Waals surface area contributed by atoms with Crippen molar-refractivity contribution in [3.8, 4) is 0 Å². The van der Waals surface area contributed by atoms with Crippen LogP contribution >= 0.6 is 0 Å². The number of likely N-dealkylation sites (tertiary alicyclic amines) is 1. The molecule has 2 heterocycles. The molecule has 1 aromatic heterocycles. The lowest BCUT2D eigenvalue weighted by atomic mass is 9.99. The summed E-state index contributed by atoms with van der Waals surface area (Å²) in [6.07, 6.45) is 5.19. The Hall–Kier alpha value is -1.32. The Labute approximate surface area is 120 Å². The average Bonchev–Trinajstić information content (AvgIpc) is 2.85. The third-order valence-corrected chi connectivity index (χ3v) is 4.55. The van der Waals surface area contributed by atoms with Crippen LogP contribution in [0.5, 0.6) is 0 Å². The zero-order chi connectivity index (χ0) is 13.9. The first-order valence-electron chi connectivity index (χ1n) is 7.77. The third kappa shape index (κ3) is 2.48. The maximum Gasteiger partial charge on any atom is 0.134 e. The minimum atomic E-state index is 0.553. The van der Waals surface area contributed by atoms with Crippen LogP contribution in [0.4, 0.5) is 0 Å². The fourth-order valence-electron chi connectivity index (χ4n) is 3.42. The number of nitrogens with two attached hydrogens (primary N) is 1. The standard InChI is InChI=1S/C17H24N2O/c1-2-13-7-5-6-10-19(13)12-17-15(11-18)14-8-3-4-9-16(14)20-17/h3-4,8-9,13H,2,5-7,10-12,18H2,1H3. The second-order valence-corrected chi connectivity index (χ2v) is 5.73. The molecule has 1 atom stereocenters. The van der Waals surface area contributed by atoms with Gasteiger partial charge in [0.15, 0.2) is 0 Å². The molecule has 20 heavy (non-hydrogen) atoms. The predicted octanol–water partition coefficient (Wildman–Crippen LogP) is 3.66. The van der Waals surface area contributed by atoms with Gasteiger partial charge in [0.25, 0.3) is 0 Å². The van der Waals surface area contributed by atoms with Crippen LogP contribution in [0.1, 0.15) is 43.9 Å². The molecule has 1 aromatic carbocycles. The SMILES string of the molecule is CCC1CCCCN1Cc1oc2ccccc2c1CN. The summed E-state index contributed by atoms with van der Waals surface area (Å²) in [5.74, 6) is 1.06. The van der Waals surface area contributed by atoms with E-state index in [2.05, 4.69) is 24.0 Å². The quantitative estimate of drug-likeness (QED) is 0.923. The zero-order valence-corrected chi connectivity index (χ0v) is 12.3. The maximum atomic E-state index is 6.06. The molecule has 108 valence electrons. The van der Waals surface area contributed by atoms with Gasteiger partial charge in [0.1, 0.15) is 11.3 Å². The van der Waals surface area contributed by atoms with Crippen LogP contribution in [-0.2, 0) is 13.1 Å². The number of hydrogen-bond acceptors (Lipinski definition) is 3. The molecular weight excluding hydrogens is 248 g/mol. The van der Waals surface area contributed by atoms with Gasteiger partial charge in [0.05, 0.1) is 6.54 Å². The van der Waals surface area contributed by atoms with E-state index in [0.717, 1.165) is 17.9 Å². The molecule has 3 heteroatoms. The highest BCUT2D eigenvalue weighted by molar-refractivity contribution is 5.82. The largest absolute Gasteiger partial charge is 0.459 e. The summed E-state index contributed by atoms with van der Waals surface area (Å²) in [6, 6.07) is 8.91. The van der Waals surface area contributed by atoms with Gasteiger partial charge in [-0.1, -0.05) is 31.5 Å². The van der Waals surface area contributed by atoms with Crippen molar-refractivity contribution in [3.05, 3.63) is 35.6 Å². The van der Waals surface area contributed by atoms with Crippen molar-refractivity contribution in [1.82, 2.24) is 4.90 Å². The summed E-state index contributed by atoms with van der Waals surface area (Å²) < 4.78 is 6.06. The number of piperidine rings is 1. The molecule has 0 saturated carbocycles. The second kappa shape index (κ2) is 5.98. The Morgan fingerprint density at radius 3 is 2.95 bits per heavy atom. The van der Waals surface area contributed by atoms with E-state index in [-0.39, 0.29) is 0 Å². The highest BCUT2D eigenvalue weighted by atomic mass is 16.3. The first-order valence-corrected chi connectivity index (χ1v) is 7.77. The highest BCUT2D eigenvalue weighted by Gasteiger charge is 2.23. The second-order valence-electron chi connectivity index (χ2n) is 5.73. The fraction of sp³-hybridized carbons (Fsp3) is 0.529. The van der Waals surface area contributed by atoms with Gasteiger partial charge in [-0.15, -0.1) is 0 Å². The molecule has 1 saturated heterocycles. The number of benzene rings is 1. The van der Waals surface area contributed by atoms with E-state index in [4.69, 9.17) is 10.2 Å². The Kier molecular flexibility index (Phi) is 4.08. The third-order valence-electron chi connectivity index (χ3n) is 4.55. The Balaban J connectivity index is 1.89. The van der Waals surface area contributed by atoms with Crippen LogP contribution in [0.25, 0.3) is 11.0 Å². The topological polar surface area (TPSA) is 42.4 Å². The molecule has 0 aliphatic carbocycles. The monoisotopic (exact) mass is 272 g/mol. The molecule has 1 unspecified atom stereocenters. The Bertz CT molecular complexity index is 575. The van der Waals surface area contributed by atoms with E-state index < -0.39 is 0 Å². The summed E-state index contributed by atoms with van der Waals surface area (Å²) in [6.45, 7) is 4.92. The molecule has 3 nitrogen and oxygen atoms in total. The molecule has 2 aromatic rings. The van der Waals surface area contributed by atoms with Gasteiger partial charge >= 0.3 is 0 Å². The highest BCUT2D eigenvalue weighted by Crippen LogP contribution is 2.29. The first kappa shape index (κ1) is 13.7. The van der Waals surface area contributed by atoms with E-state index >= 15 is 0 Å². The van der Waals surface area contributed by atoms with Crippen LogP contribution in [0.15, 0.2) is 28.7 Å². The first-order chi connectivity index (χ1) is 9.83. The zero-order valence-electron chi connectivity index (χ0n) is 12.3. The smallest absolute Gasteiger partial charge is 0.134 e. The van der Waals surface area contributed by atoms with Crippen molar-refractivity contribution in [2.75, 3.05) is 6.54 Å². The molecule has 1 fully saturated rings. The van der Waals surface area contributed by atoms with Crippen molar-refractivity contribution in [3.63, 3.8) is 0 Å². The van der Waals surface area contributed by atoms with E-state index in [9.17, 15) is 0 Å². The van der Waals surface area contributed by atoms with Crippen LogP contribution in [0.2, 0.25) is 0 Å². The summed E-state index contributed by atoms with van der Waals surface area (Å²) in [7, 11) is 0. The molecule has 1 aliphatic heterocycles. The van der Waals surface area contributed by atoms with Crippen LogP contribution in [0, 0.1) is 0 Å². The number of fused-ring (bicyclic) bond motifs is 1. The van der Waals surface area contributed by atoms with Crippen LogP contribution < -0.4 is 5.73 Å². The molecule has 0 radical (unpaired) electrons. The Morgan fingerprint density at radius 2 is 2.15 bits per heavy atom.